The first-order valence-corrected chi connectivity index (χ1v) is 26.4. The molecule has 0 unspecified atom stereocenters. The molecule has 0 N–H and O–H groups in total. The number of nitrogens with zero attached hydrogens (tertiary/aromatic N) is 3. The zero-order valence-electron chi connectivity index (χ0n) is 42.3. The van der Waals surface area contributed by atoms with E-state index >= 15 is 0 Å². The minimum atomic E-state index is 1.06. The second-order valence-corrected chi connectivity index (χ2v) is 19.7. The van der Waals surface area contributed by atoms with Gasteiger partial charge in [-0.05, 0) is 129 Å². The summed E-state index contributed by atoms with van der Waals surface area (Å²) in [6.45, 7) is 0. The van der Waals surface area contributed by atoms with Crippen LogP contribution in [-0.4, -0.2) is 4.57 Å². The van der Waals surface area contributed by atoms with Crippen LogP contribution in [0.15, 0.2) is 309 Å². The largest absolute Gasteiger partial charge is 0.309 e. The van der Waals surface area contributed by atoms with E-state index in [1.54, 1.807) is 0 Å². The topological polar surface area (TPSA) is 11.4 Å². The lowest BCUT2D eigenvalue weighted by atomic mass is 9.91. The van der Waals surface area contributed by atoms with Gasteiger partial charge in [0.05, 0.1) is 22.4 Å². The molecule has 0 saturated carbocycles. The van der Waals surface area contributed by atoms with Gasteiger partial charge in [0.25, 0.3) is 0 Å². The molecule has 0 amide bonds. The predicted octanol–water partition coefficient (Wildman–Crippen LogP) is 20.7. The van der Waals surface area contributed by atoms with Crippen molar-refractivity contribution in [2.24, 2.45) is 0 Å². The van der Waals surface area contributed by atoms with Crippen molar-refractivity contribution in [2.45, 2.75) is 0 Å². The summed E-state index contributed by atoms with van der Waals surface area (Å²) in [7, 11) is 0. The molecule has 0 aliphatic heterocycles. The van der Waals surface area contributed by atoms with Gasteiger partial charge in [0.1, 0.15) is 0 Å². The molecule has 0 spiro atoms. The summed E-state index contributed by atoms with van der Waals surface area (Å²) in [6.07, 6.45) is 0. The quantitative estimate of drug-likeness (QED) is 0.0945. The highest BCUT2D eigenvalue weighted by Gasteiger charge is 2.27. The number of hydrogen-bond donors (Lipinski definition) is 0. The first kappa shape index (κ1) is 45.4. The lowest BCUT2D eigenvalue weighted by molar-refractivity contribution is 1.18. The van der Waals surface area contributed by atoms with Gasteiger partial charge in [-0.2, -0.15) is 0 Å². The summed E-state index contributed by atoms with van der Waals surface area (Å²) in [5.74, 6) is 0. The summed E-state index contributed by atoms with van der Waals surface area (Å²) in [5.41, 5.74) is 19.2. The molecule has 14 rings (SSSR count). The van der Waals surface area contributed by atoms with Crippen molar-refractivity contribution in [3.63, 3.8) is 0 Å². The van der Waals surface area contributed by atoms with Crippen LogP contribution in [0.4, 0.5) is 34.1 Å². The monoisotopic (exact) mass is 981 g/mol. The number of para-hydroxylation sites is 3. The molecule has 0 atom stereocenters. The number of anilines is 6. The smallest absolute Gasteiger partial charge is 0.0620 e. The molecule has 1 heterocycles. The molecule has 0 radical (unpaired) electrons. The molecule has 14 aromatic rings. The molecule has 0 aliphatic rings. The molecule has 3 heteroatoms. The summed E-state index contributed by atoms with van der Waals surface area (Å²) >= 11 is 0. The summed E-state index contributed by atoms with van der Waals surface area (Å²) in [6, 6.07) is 113. The van der Waals surface area contributed by atoms with Gasteiger partial charge in [0, 0.05) is 60.8 Å². The van der Waals surface area contributed by atoms with Crippen molar-refractivity contribution in [3.05, 3.63) is 309 Å². The fourth-order valence-electron chi connectivity index (χ4n) is 11.5. The minimum Gasteiger partial charge on any atom is -0.309 e. The van der Waals surface area contributed by atoms with Gasteiger partial charge in [-0.3, -0.25) is 0 Å². The fraction of sp³-hybridized carbons (Fsp3) is 0. The maximum Gasteiger partial charge on any atom is 0.0620 e. The van der Waals surface area contributed by atoms with Crippen LogP contribution >= 0.6 is 0 Å². The van der Waals surface area contributed by atoms with Crippen LogP contribution in [0.1, 0.15) is 0 Å². The Morgan fingerprint density at radius 3 is 1.01 bits per heavy atom. The summed E-state index contributed by atoms with van der Waals surface area (Å²) in [5, 5.41) is 6.90. The first-order valence-electron chi connectivity index (χ1n) is 26.4. The van der Waals surface area contributed by atoms with Crippen molar-refractivity contribution < 1.29 is 0 Å². The minimum absolute atomic E-state index is 1.06. The van der Waals surface area contributed by atoms with E-state index in [-0.39, 0.29) is 0 Å². The van der Waals surface area contributed by atoms with Gasteiger partial charge in [0.2, 0.25) is 0 Å². The second-order valence-electron chi connectivity index (χ2n) is 19.7. The molecular formula is C74H51N3. The number of aromatic nitrogens is 1. The standard InChI is InChI=1S/C74H51N3/c1-7-21-52(22-8-1)56-35-41-62(42-36-56)75(63-43-37-57(38-44-63)53-23-9-2-10-24-53)73-66-46-39-59(55-27-13-4-14-28-55)50-70(66)74(67-47-40-58(49-69(67)73)54-25-11-3-12-26-54)76(60-29-15-5-16-30-60)64-45-48-72-68(51-64)65-33-19-20-34-71(65)77(72)61-31-17-6-18-32-61/h1-51H. The Kier molecular flexibility index (Phi) is 11.5. The number of rotatable bonds is 11. The molecule has 77 heavy (non-hydrogen) atoms. The molecule has 362 valence electrons. The maximum atomic E-state index is 2.51. The number of hydrogen-bond acceptors (Lipinski definition) is 2. The van der Waals surface area contributed by atoms with Gasteiger partial charge >= 0.3 is 0 Å². The van der Waals surface area contributed by atoms with Crippen LogP contribution in [0.25, 0.3) is 93.5 Å². The van der Waals surface area contributed by atoms with Crippen molar-refractivity contribution in [3.8, 4) is 50.2 Å². The third-order valence-electron chi connectivity index (χ3n) is 15.1. The van der Waals surface area contributed by atoms with Crippen LogP contribution in [0.2, 0.25) is 0 Å². The zero-order valence-corrected chi connectivity index (χ0v) is 42.3. The van der Waals surface area contributed by atoms with Gasteiger partial charge in [-0.1, -0.05) is 224 Å². The van der Waals surface area contributed by atoms with E-state index in [0.29, 0.717) is 0 Å². The van der Waals surface area contributed by atoms with Crippen molar-refractivity contribution in [1.82, 2.24) is 4.57 Å². The highest BCUT2D eigenvalue weighted by atomic mass is 15.2. The molecule has 3 nitrogen and oxygen atoms in total. The Bertz CT molecular complexity index is 4300. The molecule has 0 bridgehead atoms. The average molecular weight is 982 g/mol. The maximum absolute atomic E-state index is 2.51. The Morgan fingerprint density at radius 2 is 0.532 bits per heavy atom. The third kappa shape index (κ3) is 8.28. The average Bonchev–Trinajstić information content (AvgIpc) is 3.90. The van der Waals surface area contributed by atoms with E-state index in [1.807, 2.05) is 0 Å². The molecule has 0 saturated heterocycles. The lowest BCUT2D eigenvalue weighted by Crippen LogP contribution is -2.15. The van der Waals surface area contributed by atoms with Gasteiger partial charge in [0.15, 0.2) is 0 Å². The Balaban J connectivity index is 1.10. The summed E-state index contributed by atoms with van der Waals surface area (Å²) < 4.78 is 2.39. The lowest BCUT2D eigenvalue weighted by Gasteiger charge is -2.33. The van der Waals surface area contributed by atoms with Gasteiger partial charge < -0.3 is 14.4 Å². The van der Waals surface area contributed by atoms with E-state index in [1.165, 1.54) is 38.5 Å². The van der Waals surface area contributed by atoms with E-state index in [2.05, 4.69) is 324 Å². The van der Waals surface area contributed by atoms with Gasteiger partial charge in [-0.15, -0.1) is 0 Å². The van der Waals surface area contributed by atoms with Crippen LogP contribution in [0.5, 0.6) is 0 Å². The van der Waals surface area contributed by atoms with Crippen LogP contribution in [0.3, 0.4) is 0 Å². The number of benzene rings is 13. The van der Waals surface area contributed by atoms with Crippen molar-refractivity contribution in [2.75, 3.05) is 9.80 Å². The normalized spacial score (nSPS) is 11.4. The number of fused-ring (bicyclic) bond motifs is 5. The Labute approximate surface area is 449 Å². The van der Waals surface area contributed by atoms with Gasteiger partial charge in [-0.25, -0.2) is 0 Å². The molecule has 0 aliphatic carbocycles. The highest BCUT2D eigenvalue weighted by molar-refractivity contribution is 6.25. The molecule has 13 aromatic carbocycles. The van der Waals surface area contributed by atoms with E-state index in [0.717, 1.165) is 89.1 Å². The predicted molar refractivity (Wildman–Crippen MR) is 327 cm³/mol. The van der Waals surface area contributed by atoms with Crippen LogP contribution in [0, 0.1) is 0 Å². The molecule has 1 aromatic heterocycles. The second kappa shape index (κ2) is 19.6. The molecule has 0 fully saturated rings. The zero-order chi connectivity index (χ0) is 51.1. The first-order chi connectivity index (χ1) is 38.2. The van der Waals surface area contributed by atoms with E-state index in [4.69, 9.17) is 0 Å². The van der Waals surface area contributed by atoms with Crippen LogP contribution in [-0.2, 0) is 0 Å². The Morgan fingerprint density at radius 1 is 0.195 bits per heavy atom. The summed E-state index contributed by atoms with van der Waals surface area (Å²) in [4.78, 5) is 5.00. The van der Waals surface area contributed by atoms with Crippen molar-refractivity contribution in [1.29, 1.82) is 0 Å². The highest BCUT2D eigenvalue weighted by Crippen LogP contribution is 2.53. The third-order valence-corrected chi connectivity index (χ3v) is 15.1. The Hall–Kier alpha value is -10.2. The SMILES string of the molecule is c1ccc(-c2ccc(N(c3ccc(-c4ccccc4)cc3)c3c4ccc(-c5ccccc5)cc4c(N(c4ccccc4)c4ccc5c(c4)c4ccccc4n5-c4ccccc4)c4ccc(-c5ccccc5)cc34)cc2)cc1. The fourth-order valence-corrected chi connectivity index (χ4v) is 11.5. The molecular weight excluding hydrogens is 931 g/mol. The van der Waals surface area contributed by atoms with E-state index in [9.17, 15) is 0 Å². The van der Waals surface area contributed by atoms with Crippen molar-refractivity contribution >= 4 is 77.5 Å². The van der Waals surface area contributed by atoms with E-state index < -0.39 is 0 Å². The van der Waals surface area contributed by atoms with Crippen LogP contribution < -0.4 is 9.80 Å².